The predicted octanol–water partition coefficient (Wildman–Crippen LogP) is 2.87. The fourth-order valence-electron chi connectivity index (χ4n) is 2.42. The minimum absolute atomic E-state index is 0.220. The Labute approximate surface area is 125 Å². The van der Waals surface area contributed by atoms with E-state index in [0.29, 0.717) is 12.6 Å². The molecular weight excluding hydrogens is 268 g/mol. The van der Waals surface area contributed by atoms with E-state index in [4.69, 9.17) is 5.73 Å². The lowest BCUT2D eigenvalue weighted by Crippen LogP contribution is -2.37. The summed E-state index contributed by atoms with van der Waals surface area (Å²) in [7, 11) is 0. The third-order valence-electron chi connectivity index (χ3n) is 3.57. The molecule has 1 atom stereocenters. The average molecular weight is 292 g/mol. The van der Waals surface area contributed by atoms with Gasteiger partial charge in [-0.15, -0.1) is 11.3 Å². The molecule has 0 saturated heterocycles. The Balaban J connectivity index is 2.20. The fraction of sp³-hybridized carbons (Fsp3) is 0.533. The van der Waals surface area contributed by atoms with E-state index in [1.165, 1.54) is 10.4 Å². The van der Waals surface area contributed by atoms with Crippen LogP contribution in [0, 0.1) is 0 Å². The van der Waals surface area contributed by atoms with Crippen molar-refractivity contribution >= 4 is 11.3 Å². The monoisotopic (exact) mass is 292 g/mol. The minimum Gasteiger partial charge on any atom is -0.329 e. The summed E-state index contributed by atoms with van der Waals surface area (Å²) in [5.41, 5.74) is 7.26. The first kappa shape index (κ1) is 15.2. The van der Waals surface area contributed by atoms with Crippen molar-refractivity contribution in [2.45, 2.75) is 45.9 Å². The molecule has 2 aromatic rings. The molecule has 0 amide bonds. The van der Waals surface area contributed by atoms with Gasteiger partial charge in [0.05, 0.1) is 12.2 Å². The van der Waals surface area contributed by atoms with Gasteiger partial charge in [-0.25, -0.2) is 0 Å². The number of hydrogen-bond donors (Lipinski definition) is 1. The lowest BCUT2D eigenvalue weighted by atomic mass is 10.1. The molecular formula is C15H24N4S. The van der Waals surface area contributed by atoms with E-state index in [1.807, 2.05) is 10.9 Å². The van der Waals surface area contributed by atoms with Gasteiger partial charge in [0.15, 0.2) is 0 Å². The van der Waals surface area contributed by atoms with Crippen LogP contribution in [0.3, 0.4) is 0 Å². The van der Waals surface area contributed by atoms with E-state index in [9.17, 15) is 0 Å². The third kappa shape index (κ3) is 3.48. The summed E-state index contributed by atoms with van der Waals surface area (Å²) in [6.45, 7) is 8.98. The van der Waals surface area contributed by atoms with Crippen molar-refractivity contribution in [3.63, 3.8) is 0 Å². The Bertz CT molecular complexity index is 504. The molecule has 0 spiro atoms. The van der Waals surface area contributed by atoms with Gasteiger partial charge < -0.3 is 5.73 Å². The summed E-state index contributed by atoms with van der Waals surface area (Å²) in [4.78, 5) is 3.82. The van der Waals surface area contributed by atoms with Crippen LogP contribution in [-0.2, 0) is 13.1 Å². The molecule has 0 aliphatic carbocycles. The van der Waals surface area contributed by atoms with E-state index in [1.54, 1.807) is 11.3 Å². The number of nitrogens with two attached hydrogens (primary N) is 1. The fourth-order valence-corrected chi connectivity index (χ4v) is 3.14. The molecule has 0 fully saturated rings. The predicted molar refractivity (Wildman–Crippen MR) is 84.7 cm³/mol. The number of rotatable bonds is 7. The maximum Gasteiger partial charge on any atom is 0.0538 e. The van der Waals surface area contributed by atoms with Crippen LogP contribution in [0.2, 0.25) is 0 Å². The van der Waals surface area contributed by atoms with Crippen molar-refractivity contribution in [1.82, 2.24) is 14.7 Å². The standard InChI is InChI=1S/C15H24N4S/c1-4-18-10-13(9-17-18)15(8-16)19(12(2)3)11-14-6-5-7-20-14/h5-7,9-10,12,15H,4,8,11,16H2,1-3H3. The Kier molecular flexibility index (Phi) is 5.34. The normalized spacial score (nSPS) is 13.3. The van der Waals surface area contributed by atoms with Crippen LogP contribution < -0.4 is 5.73 Å². The van der Waals surface area contributed by atoms with E-state index in [-0.39, 0.29) is 6.04 Å². The van der Waals surface area contributed by atoms with E-state index >= 15 is 0 Å². The number of aryl methyl sites for hydroxylation is 1. The molecule has 0 aliphatic rings. The highest BCUT2D eigenvalue weighted by Gasteiger charge is 2.23. The summed E-state index contributed by atoms with van der Waals surface area (Å²) in [6, 6.07) is 4.95. The molecule has 4 nitrogen and oxygen atoms in total. The maximum atomic E-state index is 6.05. The topological polar surface area (TPSA) is 47.1 Å². The molecule has 0 bridgehead atoms. The molecule has 0 aliphatic heterocycles. The van der Waals surface area contributed by atoms with Gasteiger partial charge in [-0.05, 0) is 32.2 Å². The Morgan fingerprint density at radius 2 is 2.25 bits per heavy atom. The zero-order valence-electron chi connectivity index (χ0n) is 12.5. The minimum atomic E-state index is 0.220. The van der Waals surface area contributed by atoms with Gasteiger partial charge in [0.1, 0.15) is 0 Å². The molecule has 2 aromatic heterocycles. The van der Waals surface area contributed by atoms with Crippen LogP contribution in [0.1, 0.15) is 37.3 Å². The Morgan fingerprint density at radius 3 is 2.75 bits per heavy atom. The number of nitrogens with zero attached hydrogens (tertiary/aromatic N) is 3. The lowest BCUT2D eigenvalue weighted by Gasteiger charge is -2.33. The smallest absolute Gasteiger partial charge is 0.0538 e. The van der Waals surface area contributed by atoms with Crippen LogP contribution in [-0.4, -0.2) is 27.3 Å². The van der Waals surface area contributed by atoms with Crippen molar-refractivity contribution in [2.75, 3.05) is 6.54 Å². The summed E-state index contributed by atoms with van der Waals surface area (Å²) in [5.74, 6) is 0. The molecule has 110 valence electrons. The van der Waals surface area contributed by atoms with Crippen LogP contribution >= 0.6 is 11.3 Å². The summed E-state index contributed by atoms with van der Waals surface area (Å²) in [6.07, 6.45) is 4.06. The Morgan fingerprint density at radius 1 is 1.45 bits per heavy atom. The van der Waals surface area contributed by atoms with Gasteiger partial charge in [0.2, 0.25) is 0 Å². The van der Waals surface area contributed by atoms with Gasteiger partial charge in [0, 0.05) is 42.3 Å². The number of hydrogen-bond acceptors (Lipinski definition) is 4. The van der Waals surface area contributed by atoms with Crippen molar-refractivity contribution in [3.8, 4) is 0 Å². The highest BCUT2D eigenvalue weighted by molar-refractivity contribution is 7.09. The second-order valence-electron chi connectivity index (χ2n) is 5.23. The van der Waals surface area contributed by atoms with Crippen molar-refractivity contribution in [2.24, 2.45) is 5.73 Å². The molecule has 20 heavy (non-hydrogen) atoms. The zero-order chi connectivity index (χ0) is 14.5. The van der Waals surface area contributed by atoms with Crippen LogP contribution in [0.25, 0.3) is 0 Å². The molecule has 2 N–H and O–H groups in total. The first-order valence-corrected chi connectivity index (χ1v) is 8.04. The second kappa shape index (κ2) is 7.02. The summed E-state index contributed by atoms with van der Waals surface area (Å²) >= 11 is 1.80. The molecule has 2 rings (SSSR count). The average Bonchev–Trinajstić information content (AvgIpc) is 3.09. The third-order valence-corrected chi connectivity index (χ3v) is 4.43. The second-order valence-corrected chi connectivity index (χ2v) is 6.26. The largest absolute Gasteiger partial charge is 0.329 e. The first-order valence-electron chi connectivity index (χ1n) is 7.16. The molecule has 0 saturated carbocycles. The highest BCUT2D eigenvalue weighted by Crippen LogP contribution is 2.25. The van der Waals surface area contributed by atoms with Crippen LogP contribution in [0.15, 0.2) is 29.9 Å². The van der Waals surface area contributed by atoms with E-state index in [2.05, 4.69) is 54.5 Å². The van der Waals surface area contributed by atoms with Crippen LogP contribution in [0.4, 0.5) is 0 Å². The molecule has 0 radical (unpaired) electrons. The van der Waals surface area contributed by atoms with Crippen LogP contribution in [0.5, 0.6) is 0 Å². The van der Waals surface area contributed by atoms with Crippen molar-refractivity contribution < 1.29 is 0 Å². The van der Waals surface area contributed by atoms with E-state index in [0.717, 1.165) is 13.1 Å². The maximum absolute atomic E-state index is 6.05. The highest BCUT2D eigenvalue weighted by atomic mass is 32.1. The van der Waals surface area contributed by atoms with Gasteiger partial charge in [0.25, 0.3) is 0 Å². The van der Waals surface area contributed by atoms with Gasteiger partial charge in [-0.2, -0.15) is 5.10 Å². The summed E-state index contributed by atoms with van der Waals surface area (Å²) in [5, 5.41) is 6.50. The first-order chi connectivity index (χ1) is 9.65. The van der Waals surface area contributed by atoms with Gasteiger partial charge in [-0.1, -0.05) is 6.07 Å². The SMILES string of the molecule is CCn1cc(C(CN)N(Cc2cccs2)C(C)C)cn1. The molecule has 1 unspecified atom stereocenters. The molecule has 2 heterocycles. The molecule has 0 aromatic carbocycles. The Hall–Kier alpha value is -1.17. The lowest BCUT2D eigenvalue weighted by molar-refractivity contribution is 0.149. The quantitative estimate of drug-likeness (QED) is 0.853. The van der Waals surface area contributed by atoms with Gasteiger partial charge in [-0.3, -0.25) is 9.58 Å². The van der Waals surface area contributed by atoms with E-state index < -0.39 is 0 Å². The zero-order valence-corrected chi connectivity index (χ0v) is 13.3. The van der Waals surface area contributed by atoms with Crippen molar-refractivity contribution in [1.29, 1.82) is 0 Å². The van der Waals surface area contributed by atoms with Crippen molar-refractivity contribution in [3.05, 3.63) is 40.3 Å². The summed E-state index contributed by atoms with van der Waals surface area (Å²) < 4.78 is 1.96. The van der Waals surface area contributed by atoms with Gasteiger partial charge >= 0.3 is 0 Å². The molecule has 5 heteroatoms. The number of thiophene rings is 1. The number of aromatic nitrogens is 2.